The van der Waals surface area contributed by atoms with Crippen molar-refractivity contribution in [2.75, 3.05) is 0 Å². The van der Waals surface area contributed by atoms with Gasteiger partial charge in [0.15, 0.2) is 0 Å². The molecule has 0 aliphatic heterocycles. The van der Waals surface area contributed by atoms with Crippen LogP contribution >= 0.6 is 0 Å². The molecular formula is C20H27N. The van der Waals surface area contributed by atoms with E-state index < -0.39 is 0 Å². The first-order valence-corrected chi connectivity index (χ1v) is 7.78. The van der Waals surface area contributed by atoms with E-state index in [1.165, 1.54) is 22.3 Å². The van der Waals surface area contributed by atoms with Crippen molar-refractivity contribution >= 4 is 0 Å². The molecule has 0 radical (unpaired) electrons. The van der Waals surface area contributed by atoms with E-state index in [2.05, 4.69) is 76.2 Å². The van der Waals surface area contributed by atoms with Crippen molar-refractivity contribution in [1.82, 2.24) is 0 Å². The van der Waals surface area contributed by atoms with Crippen LogP contribution in [0.3, 0.4) is 0 Å². The molecule has 0 bridgehead atoms. The Morgan fingerprint density at radius 3 is 2.14 bits per heavy atom. The minimum Gasteiger partial charge on any atom is -0.324 e. The molecule has 2 N–H and O–H groups in total. The number of nitrogens with two attached hydrogens (primary N) is 1. The van der Waals surface area contributed by atoms with Crippen molar-refractivity contribution < 1.29 is 0 Å². The van der Waals surface area contributed by atoms with Gasteiger partial charge >= 0.3 is 0 Å². The second-order valence-electron chi connectivity index (χ2n) is 6.94. The van der Waals surface area contributed by atoms with Crippen molar-refractivity contribution in [2.24, 2.45) is 5.73 Å². The highest BCUT2D eigenvalue weighted by Crippen LogP contribution is 2.25. The Labute approximate surface area is 129 Å². The Hall–Kier alpha value is -1.60. The van der Waals surface area contributed by atoms with Gasteiger partial charge in [-0.15, -0.1) is 0 Å². The molecule has 2 aromatic rings. The molecule has 0 saturated carbocycles. The number of rotatable bonds is 4. The summed E-state index contributed by atoms with van der Waals surface area (Å²) in [5, 5.41) is 0. The molecule has 1 heteroatoms. The maximum Gasteiger partial charge on any atom is 0.0298 e. The summed E-state index contributed by atoms with van der Waals surface area (Å²) in [6, 6.07) is 17.5. The monoisotopic (exact) mass is 281 g/mol. The van der Waals surface area contributed by atoms with Gasteiger partial charge in [-0.3, -0.25) is 0 Å². The number of benzene rings is 2. The Balaban J connectivity index is 2.01. The van der Waals surface area contributed by atoms with Crippen LogP contribution in [0.5, 0.6) is 0 Å². The Morgan fingerprint density at radius 1 is 0.952 bits per heavy atom. The van der Waals surface area contributed by atoms with E-state index in [0.717, 1.165) is 12.8 Å². The van der Waals surface area contributed by atoms with E-state index >= 15 is 0 Å². The van der Waals surface area contributed by atoms with Gasteiger partial charge in [0.25, 0.3) is 0 Å². The third-order valence-electron chi connectivity index (χ3n) is 4.19. The third kappa shape index (κ3) is 4.18. The van der Waals surface area contributed by atoms with Crippen LogP contribution in [0.25, 0.3) is 0 Å². The molecule has 0 fully saturated rings. The van der Waals surface area contributed by atoms with E-state index in [4.69, 9.17) is 5.73 Å². The lowest BCUT2D eigenvalue weighted by atomic mass is 9.86. The average molecular weight is 281 g/mol. The fourth-order valence-electron chi connectivity index (χ4n) is 2.60. The molecule has 0 aliphatic carbocycles. The third-order valence-corrected chi connectivity index (χ3v) is 4.19. The minimum absolute atomic E-state index is 0.110. The Morgan fingerprint density at radius 2 is 1.57 bits per heavy atom. The summed E-state index contributed by atoms with van der Waals surface area (Å²) in [5.74, 6) is 0. The summed E-state index contributed by atoms with van der Waals surface area (Å²) in [6.45, 7) is 8.87. The highest BCUT2D eigenvalue weighted by molar-refractivity contribution is 5.30. The first-order valence-electron chi connectivity index (χ1n) is 7.78. The van der Waals surface area contributed by atoms with Crippen LogP contribution in [0.2, 0.25) is 0 Å². The zero-order valence-electron chi connectivity index (χ0n) is 13.7. The fourth-order valence-corrected chi connectivity index (χ4v) is 2.60. The average Bonchev–Trinajstić information content (AvgIpc) is 2.45. The van der Waals surface area contributed by atoms with Gasteiger partial charge in [-0.1, -0.05) is 69.3 Å². The van der Waals surface area contributed by atoms with Crippen LogP contribution in [-0.2, 0) is 11.8 Å². The molecule has 0 amide bonds. The highest BCUT2D eigenvalue weighted by atomic mass is 14.6. The van der Waals surface area contributed by atoms with Gasteiger partial charge in [-0.05, 0) is 47.4 Å². The Bertz CT molecular complexity index is 576. The smallest absolute Gasteiger partial charge is 0.0298 e. The molecule has 0 aliphatic rings. The molecule has 0 spiro atoms. The molecule has 1 unspecified atom stereocenters. The minimum atomic E-state index is 0.110. The van der Waals surface area contributed by atoms with E-state index in [0.29, 0.717) is 0 Å². The van der Waals surface area contributed by atoms with Crippen molar-refractivity contribution in [2.45, 2.75) is 52.0 Å². The molecule has 0 heterocycles. The van der Waals surface area contributed by atoms with Gasteiger partial charge in [-0.2, -0.15) is 0 Å². The first-order chi connectivity index (χ1) is 9.88. The summed E-state index contributed by atoms with van der Waals surface area (Å²) in [6.07, 6.45) is 2.02. The molecule has 1 nitrogen and oxygen atoms in total. The number of hydrogen-bond acceptors (Lipinski definition) is 1. The summed E-state index contributed by atoms with van der Waals surface area (Å²) < 4.78 is 0. The van der Waals surface area contributed by atoms with Gasteiger partial charge in [0.2, 0.25) is 0 Å². The lowest BCUT2D eigenvalue weighted by molar-refractivity contribution is 0.588. The zero-order chi connectivity index (χ0) is 15.5. The summed E-state index contributed by atoms with van der Waals surface area (Å²) in [5.41, 5.74) is 11.9. The van der Waals surface area contributed by atoms with Gasteiger partial charge in [0.05, 0.1) is 0 Å². The predicted octanol–water partition coefficient (Wildman–Crippen LogP) is 4.93. The Kier molecular flexibility index (Phi) is 4.84. The first kappa shape index (κ1) is 15.8. The quantitative estimate of drug-likeness (QED) is 0.845. The molecular weight excluding hydrogens is 254 g/mol. The zero-order valence-corrected chi connectivity index (χ0v) is 13.7. The largest absolute Gasteiger partial charge is 0.324 e. The van der Waals surface area contributed by atoms with Crippen LogP contribution in [0, 0.1) is 6.92 Å². The van der Waals surface area contributed by atoms with Crippen molar-refractivity contribution in [3.8, 4) is 0 Å². The maximum absolute atomic E-state index is 6.35. The molecule has 2 aromatic carbocycles. The van der Waals surface area contributed by atoms with Crippen LogP contribution in [0.15, 0.2) is 48.5 Å². The van der Waals surface area contributed by atoms with Gasteiger partial charge in [0.1, 0.15) is 0 Å². The standard InChI is InChI=1S/C20H27N/c1-15-7-5-6-8-16(15)11-14-19(21)17-9-12-18(13-10-17)20(2,3)4/h5-10,12-13,19H,11,14,21H2,1-4H3. The van der Waals surface area contributed by atoms with Gasteiger partial charge in [-0.25, -0.2) is 0 Å². The molecule has 2 rings (SSSR count). The van der Waals surface area contributed by atoms with Gasteiger partial charge in [0, 0.05) is 6.04 Å². The van der Waals surface area contributed by atoms with Crippen LogP contribution < -0.4 is 5.73 Å². The molecule has 0 aromatic heterocycles. The topological polar surface area (TPSA) is 26.0 Å². The molecule has 1 atom stereocenters. The van der Waals surface area contributed by atoms with E-state index in [1.807, 2.05) is 0 Å². The SMILES string of the molecule is Cc1ccccc1CCC(N)c1ccc(C(C)(C)C)cc1. The second-order valence-corrected chi connectivity index (χ2v) is 6.94. The molecule has 0 saturated heterocycles. The summed E-state index contributed by atoms with van der Waals surface area (Å²) >= 11 is 0. The number of aryl methyl sites for hydroxylation is 2. The van der Waals surface area contributed by atoms with E-state index in [1.54, 1.807) is 0 Å². The lowest BCUT2D eigenvalue weighted by Gasteiger charge is -2.20. The van der Waals surface area contributed by atoms with Crippen LogP contribution in [-0.4, -0.2) is 0 Å². The van der Waals surface area contributed by atoms with E-state index in [9.17, 15) is 0 Å². The van der Waals surface area contributed by atoms with Crippen LogP contribution in [0.1, 0.15) is 55.5 Å². The van der Waals surface area contributed by atoms with Crippen LogP contribution in [0.4, 0.5) is 0 Å². The van der Waals surface area contributed by atoms with E-state index in [-0.39, 0.29) is 11.5 Å². The lowest BCUT2D eigenvalue weighted by Crippen LogP contribution is -2.14. The van der Waals surface area contributed by atoms with Crippen molar-refractivity contribution in [3.63, 3.8) is 0 Å². The predicted molar refractivity (Wildman–Crippen MR) is 91.6 cm³/mol. The maximum atomic E-state index is 6.35. The summed E-state index contributed by atoms with van der Waals surface area (Å²) in [7, 11) is 0. The normalized spacial score (nSPS) is 13.2. The van der Waals surface area contributed by atoms with Gasteiger partial charge < -0.3 is 5.73 Å². The molecule has 112 valence electrons. The highest BCUT2D eigenvalue weighted by Gasteiger charge is 2.14. The molecule has 21 heavy (non-hydrogen) atoms. The fraction of sp³-hybridized carbons (Fsp3) is 0.400. The van der Waals surface area contributed by atoms with Crippen molar-refractivity contribution in [1.29, 1.82) is 0 Å². The summed E-state index contributed by atoms with van der Waals surface area (Å²) in [4.78, 5) is 0. The second kappa shape index (κ2) is 6.44. The number of hydrogen-bond donors (Lipinski definition) is 1. The van der Waals surface area contributed by atoms with Crippen molar-refractivity contribution in [3.05, 3.63) is 70.8 Å².